The number of benzene rings is 1. The molecule has 6 nitrogen and oxygen atoms in total. The van der Waals surface area contributed by atoms with E-state index in [4.69, 9.17) is 20.6 Å². The van der Waals surface area contributed by atoms with Crippen LogP contribution in [0.5, 0.6) is 17.2 Å². The van der Waals surface area contributed by atoms with Crippen LogP contribution in [0.2, 0.25) is 0 Å². The molecular formula is C16H24IN3O3. The largest absolute Gasteiger partial charge is 0.496 e. The summed E-state index contributed by atoms with van der Waals surface area (Å²) in [5.74, 6) is 5.14. The van der Waals surface area contributed by atoms with E-state index in [1.807, 2.05) is 6.92 Å². The van der Waals surface area contributed by atoms with Crippen LogP contribution in [0.4, 0.5) is 0 Å². The highest BCUT2D eigenvalue weighted by Gasteiger charge is 2.13. The Kier molecular flexibility index (Phi) is 10.8. The van der Waals surface area contributed by atoms with E-state index in [1.54, 1.807) is 33.5 Å². The first-order valence-electron chi connectivity index (χ1n) is 6.94. The molecule has 0 unspecified atom stereocenters. The van der Waals surface area contributed by atoms with Gasteiger partial charge in [-0.2, -0.15) is 0 Å². The normalized spacial score (nSPS) is 10.1. The van der Waals surface area contributed by atoms with Crippen LogP contribution in [0, 0.1) is 12.3 Å². The van der Waals surface area contributed by atoms with Gasteiger partial charge in [-0.25, -0.2) is 4.99 Å². The standard InChI is InChI=1S/C16H23N3O3.HI/c1-6-8-18-16(17-7-2)19-11-13-14(21-4)9-12(20-3)10-15(13)22-5;/h1,9-10H,7-8,11H2,2-5H3,(H2,17,18,19);1H. The van der Waals surface area contributed by atoms with Gasteiger partial charge in [0.2, 0.25) is 0 Å². The fourth-order valence-electron chi connectivity index (χ4n) is 1.87. The summed E-state index contributed by atoms with van der Waals surface area (Å²) in [6, 6.07) is 3.60. The van der Waals surface area contributed by atoms with Gasteiger partial charge in [0.15, 0.2) is 5.96 Å². The maximum atomic E-state index is 5.40. The molecule has 23 heavy (non-hydrogen) atoms. The lowest BCUT2D eigenvalue weighted by Gasteiger charge is -2.15. The molecule has 1 aromatic carbocycles. The number of aliphatic imine (C=N–C) groups is 1. The van der Waals surface area contributed by atoms with Crippen molar-refractivity contribution in [2.45, 2.75) is 13.5 Å². The minimum absolute atomic E-state index is 0. The van der Waals surface area contributed by atoms with Crippen molar-refractivity contribution >= 4 is 29.9 Å². The van der Waals surface area contributed by atoms with E-state index >= 15 is 0 Å². The van der Waals surface area contributed by atoms with Gasteiger partial charge in [0.05, 0.1) is 40.0 Å². The van der Waals surface area contributed by atoms with Crippen molar-refractivity contribution in [3.05, 3.63) is 17.7 Å². The van der Waals surface area contributed by atoms with Gasteiger partial charge in [-0.05, 0) is 6.92 Å². The predicted molar refractivity (Wildman–Crippen MR) is 103 cm³/mol. The summed E-state index contributed by atoms with van der Waals surface area (Å²) in [4.78, 5) is 4.49. The molecule has 0 saturated carbocycles. The van der Waals surface area contributed by atoms with Crippen LogP contribution in [-0.2, 0) is 6.54 Å². The molecule has 0 atom stereocenters. The molecule has 128 valence electrons. The molecule has 7 heteroatoms. The third-order valence-corrected chi connectivity index (χ3v) is 2.91. The van der Waals surface area contributed by atoms with Gasteiger partial charge in [-0.3, -0.25) is 0 Å². The lowest BCUT2D eigenvalue weighted by molar-refractivity contribution is 0.369. The van der Waals surface area contributed by atoms with Crippen molar-refractivity contribution in [1.82, 2.24) is 10.6 Å². The van der Waals surface area contributed by atoms with Crippen molar-refractivity contribution in [3.63, 3.8) is 0 Å². The average molecular weight is 433 g/mol. The minimum Gasteiger partial charge on any atom is -0.496 e. The number of guanidine groups is 1. The Labute approximate surface area is 155 Å². The lowest BCUT2D eigenvalue weighted by atomic mass is 10.1. The summed E-state index contributed by atoms with van der Waals surface area (Å²) in [6.07, 6.45) is 5.25. The highest BCUT2D eigenvalue weighted by atomic mass is 127. The van der Waals surface area contributed by atoms with E-state index in [9.17, 15) is 0 Å². The SMILES string of the molecule is C#CCNC(=NCc1c(OC)cc(OC)cc1OC)NCC.I. The van der Waals surface area contributed by atoms with Crippen LogP contribution < -0.4 is 24.8 Å². The first-order chi connectivity index (χ1) is 10.7. The maximum absolute atomic E-state index is 5.40. The van der Waals surface area contributed by atoms with Crippen LogP contribution in [0.1, 0.15) is 12.5 Å². The van der Waals surface area contributed by atoms with Gasteiger partial charge in [0, 0.05) is 18.7 Å². The van der Waals surface area contributed by atoms with Crippen molar-refractivity contribution in [2.24, 2.45) is 4.99 Å². The molecule has 2 N–H and O–H groups in total. The van der Waals surface area contributed by atoms with Crippen LogP contribution in [-0.4, -0.2) is 40.4 Å². The maximum Gasteiger partial charge on any atom is 0.192 e. The number of nitrogens with one attached hydrogen (secondary N) is 2. The molecule has 0 amide bonds. The first-order valence-corrected chi connectivity index (χ1v) is 6.94. The topological polar surface area (TPSA) is 64.1 Å². The van der Waals surface area contributed by atoms with E-state index in [-0.39, 0.29) is 24.0 Å². The third kappa shape index (κ3) is 6.44. The number of hydrogen-bond donors (Lipinski definition) is 2. The summed E-state index contributed by atoms with van der Waals surface area (Å²) in [5, 5.41) is 6.16. The van der Waals surface area contributed by atoms with Gasteiger partial charge < -0.3 is 24.8 Å². The Balaban J connectivity index is 0.00000484. The number of terminal acetylenes is 1. The molecule has 0 spiro atoms. The number of nitrogens with zero attached hydrogens (tertiary/aromatic N) is 1. The Morgan fingerprint density at radius 2 is 1.74 bits per heavy atom. The van der Waals surface area contributed by atoms with Gasteiger partial charge in [-0.1, -0.05) is 5.92 Å². The fraction of sp³-hybridized carbons (Fsp3) is 0.438. The molecule has 0 bridgehead atoms. The zero-order valence-corrected chi connectivity index (χ0v) is 16.3. The molecule has 0 aliphatic carbocycles. The molecule has 0 radical (unpaired) electrons. The van der Waals surface area contributed by atoms with Crippen molar-refractivity contribution < 1.29 is 14.2 Å². The van der Waals surface area contributed by atoms with Gasteiger partial charge >= 0.3 is 0 Å². The third-order valence-electron chi connectivity index (χ3n) is 2.91. The van der Waals surface area contributed by atoms with E-state index in [1.165, 1.54) is 0 Å². The molecule has 0 heterocycles. The number of ether oxygens (including phenoxy) is 3. The average Bonchev–Trinajstić information content (AvgIpc) is 2.56. The minimum atomic E-state index is 0. The first kappa shape index (κ1) is 21.2. The Hall–Kier alpha value is -1.82. The molecule has 1 aromatic rings. The van der Waals surface area contributed by atoms with E-state index in [2.05, 4.69) is 21.5 Å². The van der Waals surface area contributed by atoms with E-state index in [0.717, 1.165) is 12.1 Å². The fourth-order valence-corrected chi connectivity index (χ4v) is 1.87. The van der Waals surface area contributed by atoms with Crippen molar-refractivity contribution in [1.29, 1.82) is 0 Å². The van der Waals surface area contributed by atoms with Crippen LogP contribution in [0.15, 0.2) is 17.1 Å². The number of hydrogen-bond acceptors (Lipinski definition) is 4. The van der Waals surface area contributed by atoms with Crippen LogP contribution >= 0.6 is 24.0 Å². The number of rotatable bonds is 7. The lowest BCUT2D eigenvalue weighted by Crippen LogP contribution is -2.37. The zero-order chi connectivity index (χ0) is 16.4. The van der Waals surface area contributed by atoms with E-state index < -0.39 is 0 Å². The van der Waals surface area contributed by atoms with Crippen molar-refractivity contribution in [2.75, 3.05) is 34.4 Å². The summed E-state index contributed by atoms with van der Waals surface area (Å²) in [7, 11) is 4.80. The molecule has 0 saturated heterocycles. The van der Waals surface area contributed by atoms with Crippen LogP contribution in [0.3, 0.4) is 0 Å². The zero-order valence-electron chi connectivity index (χ0n) is 13.9. The van der Waals surface area contributed by atoms with Gasteiger partial charge in [-0.15, -0.1) is 30.4 Å². The molecular weight excluding hydrogens is 409 g/mol. The summed E-state index contributed by atoms with van der Waals surface area (Å²) in [6.45, 7) is 3.52. The summed E-state index contributed by atoms with van der Waals surface area (Å²) in [5.41, 5.74) is 0.837. The highest BCUT2D eigenvalue weighted by Crippen LogP contribution is 2.34. The summed E-state index contributed by atoms with van der Waals surface area (Å²) < 4.78 is 16.0. The van der Waals surface area contributed by atoms with Gasteiger partial charge in [0.25, 0.3) is 0 Å². The predicted octanol–water partition coefficient (Wildman–Crippen LogP) is 2.02. The number of methoxy groups -OCH3 is 3. The molecule has 0 fully saturated rings. The second-order valence-electron chi connectivity index (χ2n) is 4.26. The number of halogens is 1. The van der Waals surface area contributed by atoms with Crippen molar-refractivity contribution in [3.8, 4) is 29.6 Å². The Morgan fingerprint density at radius 3 is 2.17 bits per heavy atom. The molecule has 0 aliphatic heterocycles. The monoisotopic (exact) mass is 433 g/mol. The second kappa shape index (κ2) is 11.7. The Morgan fingerprint density at radius 1 is 1.13 bits per heavy atom. The summed E-state index contributed by atoms with van der Waals surface area (Å²) >= 11 is 0. The van der Waals surface area contributed by atoms with E-state index in [0.29, 0.717) is 36.3 Å². The second-order valence-corrected chi connectivity index (χ2v) is 4.26. The highest BCUT2D eigenvalue weighted by molar-refractivity contribution is 14.0. The quantitative estimate of drug-likeness (QED) is 0.298. The molecule has 1 rings (SSSR count). The van der Waals surface area contributed by atoms with Gasteiger partial charge in [0.1, 0.15) is 17.2 Å². The molecule has 0 aliphatic rings. The molecule has 0 aromatic heterocycles. The van der Waals surface area contributed by atoms with Crippen LogP contribution in [0.25, 0.3) is 0 Å². The smallest absolute Gasteiger partial charge is 0.192 e. The Bertz CT molecular complexity index is 531.